The highest BCUT2D eigenvalue weighted by atomic mass is 35.5. The molecule has 0 N–H and O–H groups in total. The molecule has 1 aromatic carbocycles. The van der Waals surface area contributed by atoms with Crippen LogP contribution in [0, 0.1) is 0 Å². The van der Waals surface area contributed by atoms with Gasteiger partial charge in [-0.15, -0.1) is 4.67 Å². The molecule has 0 saturated heterocycles. The van der Waals surface area contributed by atoms with Crippen molar-refractivity contribution >= 4 is 30.0 Å². The van der Waals surface area contributed by atoms with Gasteiger partial charge in [-0.1, -0.05) is 29.8 Å². The highest BCUT2D eigenvalue weighted by molar-refractivity contribution is 7.86. The Morgan fingerprint density at radius 2 is 1.80 bits per heavy atom. The first-order valence-electron chi connectivity index (χ1n) is 5.86. The highest BCUT2D eigenvalue weighted by Gasteiger charge is 2.24. The lowest BCUT2D eigenvalue weighted by molar-refractivity contribution is -0.0962. The molecule has 0 amide bonds. The zero-order valence-electron chi connectivity index (χ0n) is 11.3. The van der Waals surface area contributed by atoms with Gasteiger partial charge in [0.05, 0.1) is 0 Å². The molecule has 0 heterocycles. The summed E-state index contributed by atoms with van der Waals surface area (Å²) >= 11 is 6.05. The zero-order chi connectivity index (χ0) is 15.3. The van der Waals surface area contributed by atoms with Gasteiger partial charge in [0.2, 0.25) is 0 Å². The Kier molecular flexibility index (Phi) is 6.64. The van der Waals surface area contributed by atoms with E-state index in [2.05, 4.69) is 13.5 Å². The first-order valence-corrected chi connectivity index (χ1v) is 8.87. The van der Waals surface area contributed by atoms with Crippen molar-refractivity contribution in [1.82, 2.24) is 0 Å². The minimum atomic E-state index is -4.19. The molecule has 0 bridgehead atoms. The second kappa shape index (κ2) is 7.54. The van der Waals surface area contributed by atoms with Crippen molar-refractivity contribution in [2.45, 2.75) is 31.6 Å². The Morgan fingerprint density at radius 1 is 1.20 bits per heavy atom. The van der Waals surface area contributed by atoms with Crippen LogP contribution in [0.1, 0.15) is 25.0 Å². The molecule has 0 radical (unpaired) electrons. The third-order valence-corrected chi connectivity index (χ3v) is 4.86. The van der Waals surface area contributed by atoms with E-state index < -0.39 is 18.4 Å². The van der Waals surface area contributed by atoms with E-state index in [9.17, 15) is 13.0 Å². The van der Waals surface area contributed by atoms with E-state index in [1.54, 1.807) is 0 Å². The van der Waals surface area contributed by atoms with E-state index in [1.165, 1.54) is 12.1 Å². The van der Waals surface area contributed by atoms with Gasteiger partial charge in [0.25, 0.3) is 0 Å². The van der Waals surface area contributed by atoms with E-state index in [-0.39, 0.29) is 4.90 Å². The molecule has 1 unspecified atom stereocenters. The summed E-state index contributed by atoms with van der Waals surface area (Å²) in [4.78, 5) is -0.0489. The fourth-order valence-electron chi connectivity index (χ4n) is 1.79. The van der Waals surface area contributed by atoms with E-state index in [0.717, 1.165) is 12.7 Å². The molecule has 0 saturated carbocycles. The van der Waals surface area contributed by atoms with Crippen molar-refractivity contribution in [2.24, 2.45) is 0 Å². The minimum Gasteiger partial charge on any atom is -0.312 e. The Morgan fingerprint density at radius 3 is 2.30 bits per heavy atom. The van der Waals surface area contributed by atoms with Crippen LogP contribution in [0.5, 0.6) is 0 Å². The van der Waals surface area contributed by atoms with Crippen molar-refractivity contribution in [3.8, 4) is 0 Å². The minimum absolute atomic E-state index is 0.0489. The van der Waals surface area contributed by atoms with Gasteiger partial charge in [-0.25, -0.2) is 0 Å². The van der Waals surface area contributed by atoms with Crippen LogP contribution in [-0.4, -0.2) is 15.5 Å². The van der Waals surface area contributed by atoms with Gasteiger partial charge in [-0.05, 0) is 36.1 Å². The van der Waals surface area contributed by atoms with Gasteiger partial charge in [0.15, 0.2) is 0 Å². The van der Waals surface area contributed by atoms with Gasteiger partial charge in [0.1, 0.15) is 4.90 Å². The molecular weight excluding hydrogens is 327 g/mol. The van der Waals surface area contributed by atoms with Crippen LogP contribution in [0.15, 0.2) is 17.0 Å². The summed E-state index contributed by atoms with van der Waals surface area (Å²) in [5, 5.41) is 0.495. The Balaban J connectivity index is 3.21. The third-order valence-electron chi connectivity index (χ3n) is 2.67. The van der Waals surface area contributed by atoms with E-state index in [0.29, 0.717) is 23.4 Å². The number of hydrogen-bond acceptors (Lipinski definition) is 6. The van der Waals surface area contributed by atoms with Crippen molar-refractivity contribution < 1.29 is 26.5 Å². The SMILES string of the molecule is CCc1c(Cl)ccc(S(=O)(=O)OO[PH](=O)OC)c1CC. The molecule has 1 rings (SSSR count). The lowest BCUT2D eigenvalue weighted by Crippen LogP contribution is -2.10. The first-order chi connectivity index (χ1) is 9.37. The van der Waals surface area contributed by atoms with Crippen LogP contribution in [-0.2, 0) is 41.1 Å². The molecule has 0 aliphatic rings. The standard InChI is InChI=1S/C11H16ClO6PS/c1-4-8-9(5-2)11(7-6-10(8)12)20(14,15)18-17-19(13)16-3/h6-7,19H,4-5H2,1-3H3. The van der Waals surface area contributed by atoms with Crippen LogP contribution >= 0.6 is 19.9 Å². The van der Waals surface area contributed by atoms with E-state index in [4.69, 9.17) is 11.6 Å². The normalized spacial score (nSPS) is 13.4. The van der Waals surface area contributed by atoms with Crippen molar-refractivity contribution in [2.75, 3.05) is 7.11 Å². The average Bonchev–Trinajstić information content (AvgIpc) is 2.43. The summed E-state index contributed by atoms with van der Waals surface area (Å²) < 4.78 is 47.9. The fourth-order valence-corrected chi connectivity index (χ4v) is 3.63. The highest BCUT2D eigenvalue weighted by Crippen LogP contribution is 2.31. The molecule has 0 aliphatic heterocycles. The van der Waals surface area contributed by atoms with Gasteiger partial charge >= 0.3 is 18.4 Å². The number of halogens is 1. The average molecular weight is 343 g/mol. The molecule has 0 spiro atoms. The van der Waals surface area contributed by atoms with Crippen LogP contribution in [0.4, 0.5) is 0 Å². The predicted molar refractivity (Wildman–Crippen MR) is 75.6 cm³/mol. The van der Waals surface area contributed by atoms with Gasteiger partial charge in [-0.3, -0.25) is 4.57 Å². The van der Waals surface area contributed by atoms with Gasteiger partial charge < -0.3 is 4.52 Å². The second-order valence-corrected chi connectivity index (χ2v) is 6.74. The van der Waals surface area contributed by atoms with E-state index in [1.807, 2.05) is 13.8 Å². The molecule has 0 aliphatic carbocycles. The topological polar surface area (TPSA) is 78.9 Å². The fraction of sp³-hybridized carbons (Fsp3) is 0.455. The predicted octanol–water partition coefficient (Wildman–Crippen LogP) is 3.14. The molecule has 0 aromatic heterocycles. The molecule has 20 heavy (non-hydrogen) atoms. The number of rotatable bonds is 7. The molecular formula is C11H16ClO6PS. The van der Waals surface area contributed by atoms with E-state index >= 15 is 0 Å². The van der Waals surface area contributed by atoms with Crippen molar-refractivity contribution in [1.29, 1.82) is 0 Å². The monoisotopic (exact) mass is 342 g/mol. The molecule has 1 aromatic rings. The smallest absolute Gasteiger partial charge is 0.312 e. The quantitative estimate of drug-likeness (QED) is 0.430. The molecule has 9 heteroatoms. The van der Waals surface area contributed by atoms with Crippen LogP contribution in [0.3, 0.4) is 0 Å². The third kappa shape index (κ3) is 4.04. The maximum Gasteiger partial charge on any atom is 0.348 e. The van der Waals surface area contributed by atoms with Gasteiger partial charge in [-0.2, -0.15) is 8.42 Å². The van der Waals surface area contributed by atoms with Crippen molar-refractivity contribution in [3.05, 3.63) is 28.3 Å². The zero-order valence-corrected chi connectivity index (χ0v) is 13.9. The summed E-state index contributed by atoms with van der Waals surface area (Å²) in [6.45, 7) is 3.68. The lowest BCUT2D eigenvalue weighted by Gasteiger charge is -2.13. The summed E-state index contributed by atoms with van der Waals surface area (Å²) in [5.41, 5.74) is 1.29. The molecule has 114 valence electrons. The molecule has 0 fully saturated rings. The lowest BCUT2D eigenvalue weighted by atomic mass is 10.0. The van der Waals surface area contributed by atoms with Gasteiger partial charge in [0, 0.05) is 12.1 Å². The Bertz CT molecular complexity index is 601. The first kappa shape index (κ1) is 17.6. The largest absolute Gasteiger partial charge is 0.348 e. The molecule has 6 nitrogen and oxygen atoms in total. The van der Waals surface area contributed by atoms with Crippen LogP contribution < -0.4 is 0 Å². The Labute approximate surface area is 124 Å². The maximum atomic E-state index is 12.0. The summed E-state index contributed by atoms with van der Waals surface area (Å²) in [6, 6.07) is 2.82. The summed E-state index contributed by atoms with van der Waals surface area (Å²) in [5.74, 6) is 0. The maximum absolute atomic E-state index is 12.0. The number of benzene rings is 1. The van der Waals surface area contributed by atoms with Crippen LogP contribution in [0.2, 0.25) is 5.02 Å². The second-order valence-electron chi connectivity index (χ2n) is 3.77. The summed E-state index contributed by atoms with van der Waals surface area (Å²) in [7, 11) is -6.06. The molecule has 1 atom stereocenters. The van der Waals surface area contributed by atoms with Crippen molar-refractivity contribution in [3.63, 3.8) is 0 Å². The number of hydrogen-bond donors (Lipinski definition) is 0. The van der Waals surface area contributed by atoms with Crippen LogP contribution in [0.25, 0.3) is 0 Å². The summed E-state index contributed by atoms with van der Waals surface area (Å²) in [6.07, 6.45) is 1.04. The Hall–Kier alpha value is -0.430.